The Balaban J connectivity index is 1.69. The van der Waals surface area contributed by atoms with Crippen molar-refractivity contribution in [1.29, 1.82) is 0 Å². The molecule has 7 nitrogen and oxygen atoms in total. The van der Waals surface area contributed by atoms with Crippen LogP contribution in [0.25, 0.3) is 0 Å². The van der Waals surface area contributed by atoms with Crippen LogP contribution in [0, 0.1) is 0 Å². The molecule has 0 aliphatic carbocycles. The van der Waals surface area contributed by atoms with Crippen molar-refractivity contribution in [2.24, 2.45) is 0 Å². The van der Waals surface area contributed by atoms with Crippen LogP contribution < -0.4 is 19.7 Å². The van der Waals surface area contributed by atoms with Gasteiger partial charge in [-0.15, -0.1) is 0 Å². The summed E-state index contributed by atoms with van der Waals surface area (Å²) in [6.45, 7) is 0.268. The number of carbonyl (C=O) groups is 3. The van der Waals surface area contributed by atoms with E-state index >= 15 is 0 Å². The molecule has 140 valence electrons. The lowest BCUT2D eigenvalue weighted by molar-refractivity contribution is -0.121. The minimum Gasteiger partial charge on any atom is -0.493 e. The topological polar surface area (TPSA) is 84.9 Å². The van der Waals surface area contributed by atoms with E-state index in [0.717, 1.165) is 10.5 Å². The molecule has 0 saturated carbocycles. The van der Waals surface area contributed by atoms with Gasteiger partial charge in [0.2, 0.25) is 11.8 Å². The van der Waals surface area contributed by atoms with Crippen LogP contribution in [0.1, 0.15) is 28.8 Å². The summed E-state index contributed by atoms with van der Waals surface area (Å²) in [5, 5.41) is 2.83. The number of anilines is 1. The van der Waals surface area contributed by atoms with E-state index in [0.29, 0.717) is 22.7 Å². The first-order valence-electron chi connectivity index (χ1n) is 8.49. The number of carbonyl (C=O) groups excluding carboxylic acids is 3. The Morgan fingerprint density at radius 1 is 1.00 bits per heavy atom. The van der Waals surface area contributed by atoms with Gasteiger partial charge in [0, 0.05) is 30.5 Å². The van der Waals surface area contributed by atoms with Crippen molar-refractivity contribution in [2.75, 3.05) is 19.1 Å². The molecule has 1 N–H and O–H groups in total. The van der Waals surface area contributed by atoms with Crippen LogP contribution in [0.4, 0.5) is 5.69 Å². The normalized spacial score (nSPS) is 13.6. The van der Waals surface area contributed by atoms with Crippen LogP contribution in [0.5, 0.6) is 11.5 Å². The minimum atomic E-state index is -0.273. The van der Waals surface area contributed by atoms with Crippen molar-refractivity contribution in [2.45, 2.75) is 19.4 Å². The van der Waals surface area contributed by atoms with Gasteiger partial charge in [0.05, 0.1) is 19.9 Å². The van der Waals surface area contributed by atoms with E-state index < -0.39 is 0 Å². The van der Waals surface area contributed by atoms with Gasteiger partial charge in [-0.05, 0) is 30.3 Å². The van der Waals surface area contributed by atoms with E-state index in [9.17, 15) is 14.4 Å². The zero-order valence-electron chi connectivity index (χ0n) is 15.2. The molecule has 0 unspecified atom stereocenters. The molecule has 0 bridgehead atoms. The first-order chi connectivity index (χ1) is 13.0. The van der Waals surface area contributed by atoms with Crippen LogP contribution in [-0.2, 0) is 16.1 Å². The van der Waals surface area contributed by atoms with Crippen molar-refractivity contribution in [1.82, 2.24) is 5.32 Å². The highest BCUT2D eigenvalue weighted by Gasteiger charge is 2.30. The Hall–Kier alpha value is -3.35. The highest BCUT2D eigenvalue weighted by Crippen LogP contribution is 2.30. The standard InChI is InChI=1S/C20H20N2O5/c1-26-16-5-3-4-14(19(16)27-2)12-21-20(25)13-6-8-15(9-7-13)22-17(23)10-11-18(22)24/h3-9H,10-12H2,1-2H3,(H,21,25). The SMILES string of the molecule is COc1cccc(CNC(=O)c2ccc(N3C(=O)CCC3=O)cc2)c1OC. The van der Waals surface area contributed by atoms with Gasteiger partial charge in [0.25, 0.3) is 5.91 Å². The van der Waals surface area contributed by atoms with Crippen molar-refractivity contribution >= 4 is 23.4 Å². The van der Waals surface area contributed by atoms with E-state index in [1.165, 1.54) is 0 Å². The number of amides is 3. The number of para-hydroxylation sites is 1. The van der Waals surface area contributed by atoms with Crippen molar-refractivity contribution < 1.29 is 23.9 Å². The Kier molecular flexibility index (Phi) is 5.40. The fourth-order valence-corrected chi connectivity index (χ4v) is 3.00. The molecule has 1 fully saturated rings. The van der Waals surface area contributed by atoms with E-state index in [-0.39, 0.29) is 37.1 Å². The second-order valence-corrected chi connectivity index (χ2v) is 6.01. The Morgan fingerprint density at radius 2 is 1.67 bits per heavy atom. The van der Waals surface area contributed by atoms with Gasteiger partial charge in [0.15, 0.2) is 11.5 Å². The molecule has 2 aromatic carbocycles. The summed E-state index contributed by atoms with van der Waals surface area (Å²) in [5.41, 5.74) is 1.70. The molecule has 1 saturated heterocycles. The highest BCUT2D eigenvalue weighted by atomic mass is 16.5. The largest absolute Gasteiger partial charge is 0.493 e. The molecule has 3 rings (SSSR count). The molecule has 27 heavy (non-hydrogen) atoms. The second kappa shape index (κ2) is 7.90. The summed E-state index contributed by atoms with van der Waals surface area (Å²) in [6, 6.07) is 11.8. The van der Waals surface area contributed by atoms with Gasteiger partial charge in [-0.25, -0.2) is 0 Å². The molecule has 0 aromatic heterocycles. The number of methoxy groups -OCH3 is 2. The maximum atomic E-state index is 12.4. The molecule has 2 aromatic rings. The molecule has 7 heteroatoms. The van der Waals surface area contributed by atoms with Gasteiger partial charge in [-0.1, -0.05) is 12.1 Å². The van der Waals surface area contributed by atoms with Crippen LogP contribution in [0.15, 0.2) is 42.5 Å². The summed E-state index contributed by atoms with van der Waals surface area (Å²) in [6.07, 6.45) is 0.451. The third kappa shape index (κ3) is 3.76. The lowest BCUT2D eigenvalue weighted by Gasteiger charge is -2.15. The van der Waals surface area contributed by atoms with Gasteiger partial charge >= 0.3 is 0 Å². The summed E-state index contributed by atoms with van der Waals surface area (Å²) < 4.78 is 10.6. The third-order valence-electron chi connectivity index (χ3n) is 4.36. The molecular formula is C20H20N2O5. The fraction of sp³-hybridized carbons (Fsp3) is 0.250. The summed E-state index contributed by atoms with van der Waals surface area (Å²) in [7, 11) is 3.10. The quantitative estimate of drug-likeness (QED) is 0.791. The third-order valence-corrected chi connectivity index (χ3v) is 4.36. The minimum absolute atomic E-state index is 0.220. The Bertz CT molecular complexity index is 860. The molecule has 3 amide bonds. The van der Waals surface area contributed by atoms with Crippen molar-refractivity contribution in [3.05, 3.63) is 53.6 Å². The number of nitrogens with one attached hydrogen (secondary N) is 1. The van der Waals surface area contributed by atoms with Crippen LogP contribution in [0.3, 0.4) is 0 Å². The van der Waals surface area contributed by atoms with E-state index in [1.807, 2.05) is 12.1 Å². The molecule has 0 spiro atoms. The summed E-state index contributed by atoms with van der Waals surface area (Å²) >= 11 is 0. The zero-order valence-corrected chi connectivity index (χ0v) is 15.2. The van der Waals surface area contributed by atoms with Gasteiger partial charge in [-0.3, -0.25) is 19.3 Å². The van der Waals surface area contributed by atoms with Gasteiger partial charge < -0.3 is 14.8 Å². The maximum Gasteiger partial charge on any atom is 0.251 e. The zero-order chi connectivity index (χ0) is 19.4. The Morgan fingerprint density at radius 3 is 2.26 bits per heavy atom. The first kappa shape index (κ1) is 18.4. The number of imide groups is 1. The first-order valence-corrected chi connectivity index (χ1v) is 8.49. The average Bonchev–Trinajstić information content (AvgIpc) is 3.03. The lowest BCUT2D eigenvalue weighted by Crippen LogP contribution is -2.28. The average molecular weight is 368 g/mol. The molecule has 1 aliphatic rings. The van der Waals surface area contributed by atoms with Crippen LogP contribution in [-0.4, -0.2) is 31.9 Å². The Labute approximate surface area is 156 Å². The lowest BCUT2D eigenvalue weighted by atomic mass is 10.1. The molecule has 1 aliphatic heterocycles. The molecule has 0 atom stereocenters. The number of ether oxygens (including phenoxy) is 2. The molecule has 1 heterocycles. The van der Waals surface area contributed by atoms with Crippen LogP contribution >= 0.6 is 0 Å². The predicted molar refractivity (Wildman–Crippen MR) is 98.9 cm³/mol. The summed E-state index contributed by atoms with van der Waals surface area (Å²) in [4.78, 5) is 37.1. The number of hydrogen-bond acceptors (Lipinski definition) is 5. The molecular weight excluding hydrogens is 348 g/mol. The number of hydrogen-bond donors (Lipinski definition) is 1. The maximum absolute atomic E-state index is 12.4. The smallest absolute Gasteiger partial charge is 0.251 e. The number of benzene rings is 2. The second-order valence-electron chi connectivity index (χ2n) is 6.01. The van der Waals surface area contributed by atoms with Crippen LogP contribution in [0.2, 0.25) is 0 Å². The summed E-state index contributed by atoms with van der Waals surface area (Å²) in [5.74, 6) is 0.449. The van der Waals surface area contributed by atoms with E-state index in [1.54, 1.807) is 44.6 Å². The monoisotopic (exact) mass is 368 g/mol. The number of nitrogens with zero attached hydrogens (tertiary/aromatic N) is 1. The van der Waals surface area contributed by atoms with E-state index in [4.69, 9.17) is 9.47 Å². The van der Waals surface area contributed by atoms with E-state index in [2.05, 4.69) is 5.32 Å². The van der Waals surface area contributed by atoms with Crippen molar-refractivity contribution in [3.8, 4) is 11.5 Å². The van der Waals surface area contributed by atoms with Gasteiger partial charge in [0.1, 0.15) is 0 Å². The van der Waals surface area contributed by atoms with Crippen molar-refractivity contribution in [3.63, 3.8) is 0 Å². The highest BCUT2D eigenvalue weighted by molar-refractivity contribution is 6.19. The molecule has 0 radical (unpaired) electrons. The number of rotatable bonds is 6. The van der Waals surface area contributed by atoms with Gasteiger partial charge in [-0.2, -0.15) is 0 Å². The fourth-order valence-electron chi connectivity index (χ4n) is 3.00. The predicted octanol–water partition coefficient (Wildman–Crippen LogP) is 2.29.